The number of halogens is 2. The van der Waals surface area contributed by atoms with Crippen LogP contribution in [0, 0.1) is 4.77 Å². The van der Waals surface area contributed by atoms with Crippen molar-refractivity contribution in [3.63, 3.8) is 0 Å². The molecule has 6 heteroatoms. The van der Waals surface area contributed by atoms with Crippen molar-refractivity contribution in [2.45, 2.75) is 0 Å². The molecule has 1 N–H and O–H groups in total. The first-order valence-electron chi connectivity index (χ1n) is 5.17. The molecule has 0 fully saturated rings. The van der Waals surface area contributed by atoms with Crippen LogP contribution < -0.4 is 0 Å². The van der Waals surface area contributed by atoms with E-state index in [0.717, 1.165) is 21.2 Å². The molecule has 3 rings (SSSR count). The van der Waals surface area contributed by atoms with E-state index >= 15 is 0 Å². The zero-order valence-corrected chi connectivity index (χ0v) is 12.2. The monoisotopic (exact) mass is 339 g/mol. The van der Waals surface area contributed by atoms with Crippen molar-refractivity contribution in [1.82, 2.24) is 14.5 Å². The molecule has 0 aliphatic heterocycles. The maximum absolute atomic E-state index is 6.24. The summed E-state index contributed by atoms with van der Waals surface area (Å²) in [7, 11) is 0. The summed E-state index contributed by atoms with van der Waals surface area (Å²) < 4.78 is 3.45. The minimum absolute atomic E-state index is 0.595. The molecular weight excluding hydrogens is 334 g/mol. The Kier molecular flexibility index (Phi) is 2.97. The Hall–Kier alpha value is -1.17. The molecule has 0 spiro atoms. The average molecular weight is 341 g/mol. The number of hydrogen-bond acceptors (Lipinski definition) is 2. The van der Waals surface area contributed by atoms with E-state index < -0.39 is 0 Å². The van der Waals surface area contributed by atoms with Gasteiger partial charge >= 0.3 is 0 Å². The van der Waals surface area contributed by atoms with Crippen molar-refractivity contribution in [3.05, 3.63) is 50.9 Å². The molecule has 0 saturated carbocycles. The van der Waals surface area contributed by atoms with E-state index in [4.69, 9.17) is 23.8 Å². The zero-order valence-electron chi connectivity index (χ0n) is 9.02. The molecule has 2 aromatic heterocycles. The minimum atomic E-state index is 0.595. The van der Waals surface area contributed by atoms with Gasteiger partial charge in [0.15, 0.2) is 4.77 Å². The van der Waals surface area contributed by atoms with E-state index in [-0.39, 0.29) is 0 Å². The van der Waals surface area contributed by atoms with E-state index in [9.17, 15) is 0 Å². The molecule has 0 atom stereocenters. The summed E-state index contributed by atoms with van der Waals surface area (Å²) in [6, 6.07) is 7.57. The number of rotatable bonds is 1. The maximum Gasteiger partial charge on any atom is 0.182 e. The molecule has 2 heterocycles. The normalized spacial score (nSPS) is 11.0. The molecule has 3 aromatic rings. The fraction of sp³-hybridized carbons (Fsp3) is 0. The summed E-state index contributed by atoms with van der Waals surface area (Å²) in [5.41, 5.74) is 2.68. The highest BCUT2D eigenvalue weighted by Crippen LogP contribution is 2.27. The Bertz CT molecular complexity index is 793. The number of benzene rings is 1. The number of hydrogen-bond donors (Lipinski definition) is 1. The van der Waals surface area contributed by atoms with Gasteiger partial charge in [-0.3, -0.25) is 9.55 Å². The predicted octanol–water partition coefficient (Wildman–Crippen LogP) is 4.50. The topological polar surface area (TPSA) is 33.6 Å². The van der Waals surface area contributed by atoms with Crippen molar-refractivity contribution >= 4 is 50.8 Å². The van der Waals surface area contributed by atoms with E-state index in [1.807, 2.05) is 28.8 Å². The highest BCUT2D eigenvalue weighted by atomic mass is 79.9. The number of imidazole rings is 1. The summed E-state index contributed by atoms with van der Waals surface area (Å²) in [6.07, 6.45) is 3.47. The number of aromatic nitrogens is 3. The van der Waals surface area contributed by atoms with Crippen LogP contribution in [0.4, 0.5) is 0 Å². The minimum Gasteiger partial charge on any atom is -0.329 e. The third kappa shape index (κ3) is 1.88. The predicted molar refractivity (Wildman–Crippen MR) is 79.0 cm³/mol. The second kappa shape index (κ2) is 4.50. The van der Waals surface area contributed by atoms with Gasteiger partial charge in [-0.05, 0) is 36.5 Å². The van der Waals surface area contributed by atoms with Crippen molar-refractivity contribution < 1.29 is 0 Å². The van der Waals surface area contributed by atoms with Crippen LogP contribution in [0.25, 0.3) is 16.7 Å². The molecule has 0 aliphatic rings. The van der Waals surface area contributed by atoms with E-state index in [2.05, 4.69) is 25.9 Å². The fourth-order valence-corrected chi connectivity index (χ4v) is 2.71. The van der Waals surface area contributed by atoms with Crippen LogP contribution in [0.1, 0.15) is 0 Å². The zero-order chi connectivity index (χ0) is 12.7. The van der Waals surface area contributed by atoms with Crippen molar-refractivity contribution in [1.29, 1.82) is 0 Å². The Morgan fingerprint density at radius 3 is 3.00 bits per heavy atom. The van der Waals surface area contributed by atoms with Gasteiger partial charge < -0.3 is 4.98 Å². The molecule has 0 radical (unpaired) electrons. The van der Waals surface area contributed by atoms with Gasteiger partial charge in [-0.2, -0.15) is 0 Å². The van der Waals surface area contributed by atoms with Gasteiger partial charge in [0, 0.05) is 10.7 Å². The molecule has 3 nitrogen and oxygen atoms in total. The van der Waals surface area contributed by atoms with Gasteiger partial charge in [-0.1, -0.05) is 27.5 Å². The van der Waals surface area contributed by atoms with Gasteiger partial charge in [-0.15, -0.1) is 0 Å². The third-order valence-electron chi connectivity index (χ3n) is 2.63. The lowest BCUT2D eigenvalue weighted by atomic mass is 10.3. The van der Waals surface area contributed by atoms with Gasteiger partial charge in [0.25, 0.3) is 0 Å². The molecular formula is C12H7BrClN3S. The smallest absolute Gasteiger partial charge is 0.182 e. The lowest BCUT2D eigenvalue weighted by molar-refractivity contribution is 1.06. The van der Waals surface area contributed by atoms with Gasteiger partial charge in [0.05, 0.1) is 27.9 Å². The van der Waals surface area contributed by atoms with Gasteiger partial charge in [0.2, 0.25) is 0 Å². The Labute approximate surface area is 122 Å². The first-order valence-corrected chi connectivity index (χ1v) is 6.75. The highest BCUT2D eigenvalue weighted by molar-refractivity contribution is 9.10. The van der Waals surface area contributed by atoms with E-state index in [1.54, 1.807) is 12.4 Å². The van der Waals surface area contributed by atoms with Gasteiger partial charge in [-0.25, -0.2) is 0 Å². The third-order valence-corrected chi connectivity index (χ3v) is 3.73. The molecule has 90 valence electrons. The van der Waals surface area contributed by atoms with Crippen LogP contribution in [0.5, 0.6) is 0 Å². The molecule has 0 aliphatic carbocycles. The molecule has 0 bridgehead atoms. The van der Waals surface area contributed by atoms with Crippen LogP contribution in [0.15, 0.2) is 41.1 Å². The SMILES string of the molecule is S=c1[nH]c2cnccc2n1-c1cc(Br)ccc1Cl. The summed E-state index contributed by atoms with van der Waals surface area (Å²) in [5, 5.41) is 0.645. The molecule has 18 heavy (non-hydrogen) atoms. The first kappa shape index (κ1) is 11.9. The largest absolute Gasteiger partial charge is 0.329 e. The second-order valence-corrected chi connectivity index (χ2v) is 5.46. The number of pyridine rings is 1. The van der Waals surface area contributed by atoms with Crippen LogP contribution in [0.3, 0.4) is 0 Å². The fourth-order valence-electron chi connectivity index (χ4n) is 1.86. The highest BCUT2D eigenvalue weighted by Gasteiger charge is 2.09. The van der Waals surface area contributed by atoms with Crippen molar-refractivity contribution in [2.24, 2.45) is 0 Å². The van der Waals surface area contributed by atoms with Crippen LogP contribution in [-0.4, -0.2) is 14.5 Å². The molecule has 0 amide bonds. The van der Waals surface area contributed by atoms with Crippen LogP contribution in [0.2, 0.25) is 5.02 Å². The Balaban J connectivity index is 2.41. The number of H-pyrrole nitrogens is 1. The summed E-state index contributed by atoms with van der Waals surface area (Å²) in [4.78, 5) is 7.18. The van der Waals surface area contributed by atoms with Gasteiger partial charge in [0.1, 0.15) is 0 Å². The van der Waals surface area contributed by atoms with Crippen LogP contribution in [-0.2, 0) is 0 Å². The summed E-state index contributed by atoms with van der Waals surface area (Å²) in [5.74, 6) is 0. The molecule has 1 aromatic carbocycles. The number of nitrogens with zero attached hydrogens (tertiary/aromatic N) is 2. The van der Waals surface area contributed by atoms with E-state index in [1.165, 1.54) is 0 Å². The Morgan fingerprint density at radius 2 is 2.17 bits per heavy atom. The molecule has 0 unspecified atom stereocenters. The summed E-state index contributed by atoms with van der Waals surface area (Å²) in [6.45, 7) is 0. The standard InChI is InChI=1S/C12H7BrClN3S/c13-7-1-2-8(14)11(5-7)17-10-3-4-15-6-9(10)16-12(17)18/h1-6H,(H,16,18). The number of fused-ring (bicyclic) bond motifs is 1. The number of nitrogens with one attached hydrogen (secondary N) is 1. The van der Waals surface area contributed by atoms with E-state index in [0.29, 0.717) is 9.79 Å². The quantitative estimate of drug-likeness (QED) is 0.662. The average Bonchev–Trinajstić information content (AvgIpc) is 2.68. The Morgan fingerprint density at radius 1 is 1.33 bits per heavy atom. The number of aromatic amines is 1. The lowest BCUT2D eigenvalue weighted by Gasteiger charge is -2.07. The van der Waals surface area contributed by atoms with Crippen molar-refractivity contribution in [2.75, 3.05) is 0 Å². The maximum atomic E-state index is 6.24. The first-order chi connectivity index (χ1) is 8.66. The van der Waals surface area contributed by atoms with Crippen LogP contribution >= 0.6 is 39.7 Å². The summed E-state index contributed by atoms with van der Waals surface area (Å²) >= 11 is 15.0. The second-order valence-electron chi connectivity index (χ2n) is 3.75. The molecule has 0 saturated heterocycles. The lowest BCUT2D eigenvalue weighted by Crippen LogP contribution is -1.95. The van der Waals surface area contributed by atoms with Crippen molar-refractivity contribution in [3.8, 4) is 5.69 Å².